The number of nitrogens with zero attached hydrogens (tertiary/aromatic N) is 1. The zero-order chi connectivity index (χ0) is 12.3. The molecule has 16 heavy (non-hydrogen) atoms. The molecule has 1 aliphatic rings. The van der Waals surface area contributed by atoms with Gasteiger partial charge >= 0.3 is 5.97 Å². The second kappa shape index (κ2) is 4.80. The molecule has 7 heteroatoms. The number of carbonyl (C=O) groups excluding carboxylic acids is 1. The molecule has 0 radical (unpaired) electrons. The Labute approximate surface area is 93.7 Å². The molecule has 1 fully saturated rings. The van der Waals surface area contributed by atoms with Gasteiger partial charge in [-0.3, -0.25) is 4.79 Å². The van der Waals surface area contributed by atoms with Crippen LogP contribution >= 0.6 is 0 Å². The molecule has 0 amide bonds. The zero-order valence-electron chi connectivity index (χ0n) is 8.79. The van der Waals surface area contributed by atoms with Crippen LogP contribution in [0.25, 0.3) is 0 Å². The van der Waals surface area contributed by atoms with E-state index >= 15 is 0 Å². The van der Waals surface area contributed by atoms with E-state index in [2.05, 4.69) is 4.74 Å². The number of nitriles is 1. The summed E-state index contributed by atoms with van der Waals surface area (Å²) in [5.41, 5.74) is 0. The largest absolute Gasteiger partial charge is 0.465 e. The molecule has 3 atom stereocenters. The van der Waals surface area contributed by atoms with Crippen molar-refractivity contribution >= 4 is 15.8 Å². The van der Waals surface area contributed by atoms with Crippen LogP contribution in [0.3, 0.4) is 0 Å². The van der Waals surface area contributed by atoms with Crippen molar-refractivity contribution in [3.8, 4) is 6.07 Å². The van der Waals surface area contributed by atoms with Crippen molar-refractivity contribution in [3.05, 3.63) is 0 Å². The highest BCUT2D eigenvalue weighted by atomic mass is 32.2. The van der Waals surface area contributed by atoms with Gasteiger partial charge in [0.1, 0.15) is 5.92 Å². The third-order valence-electron chi connectivity index (χ3n) is 2.47. The zero-order valence-corrected chi connectivity index (χ0v) is 9.61. The van der Waals surface area contributed by atoms with Gasteiger partial charge in [-0.25, -0.2) is 8.42 Å². The Balaban J connectivity index is 2.83. The molecule has 1 aliphatic heterocycles. The summed E-state index contributed by atoms with van der Waals surface area (Å²) in [5.74, 6) is -3.60. The summed E-state index contributed by atoms with van der Waals surface area (Å²) in [6.45, 7) is 1.71. The van der Waals surface area contributed by atoms with Crippen molar-refractivity contribution in [2.24, 2.45) is 11.8 Å². The molecular weight excluding hydrogens is 234 g/mol. The van der Waals surface area contributed by atoms with E-state index in [1.807, 2.05) is 0 Å². The van der Waals surface area contributed by atoms with Gasteiger partial charge in [0.2, 0.25) is 0 Å². The van der Waals surface area contributed by atoms with Crippen LogP contribution in [0.5, 0.6) is 0 Å². The molecule has 1 heterocycles. The first kappa shape index (κ1) is 12.9. The third kappa shape index (κ3) is 2.71. The molecule has 1 rings (SSSR count). The van der Waals surface area contributed by atoms with Gasteiger partial charge in [0, 0.05) is 5.92 Å². The van der Waals surface area contributed by atoms with Crippen LogP contribution in [0.2, 0.25) is 0 Å². The van der Waals surface area contributed by atoms with Gasteiger partial charge in [0.25, 0.3) is 0 Å². The maximum absolute atomic E-state index is 11.4. The highest BCUT2D eigenvalue weighted by Crippen LogP contribution is 2.27. The van der Waals surface area contributed by atoms with Crippen LogP contribution in [0.4, 0.5) is 0 Å². The lowest BCUT2D eigenvalue weighted by Crippen LogP contribution is -2.32. The monoisotopic (exact) mass is 247 g/mol. The van der Waals surface area contributed by atoms with Gasteiger partial charge in [-0.05, 0) is 6.92 Å². The van der Waals surface area contributed by atoms with Gasteiger partial charge in [0.05, 0.1) is 30.3 Å². The smallest absolute Gasteiger partial charge is 0.323 e. The second-order valence-electron chi connectivity index (χ2n) is 3.67. The average Bonchev–Trinajstić information content (AvgIpc) is 2.42. The summed E-state index contributed by atoms with van der Waals surface area (Å²) in [4.78, 5) is 11.4. The fourth-order valence-electron chi connectivity index (χ4n) is 1.73. The molecule has 0 aromatic rings. The molecule has 1 saturated heterocycles. The highest BCUT2D eigenvalue weighted by Gasteiger charge is 2.44. The lowest BCUT2D eigenvalue weighted by atomic mass is 9.91. The number of carbonyl (C=O) groups is 1. The number of sulfone groups is 1. The van der Waals surface area contributed by atoms with E-state index in [9.17, 15) is 18.3 Å². The quantitative estimate of drug-likeness (QED) is 0.648. The summed E-state index contributed by atoms with van der Waals surface area (Å²) in [6, 6.07) is 1.70. The van der Waals surface area contributed by atoms with E-state index in [1.165, 1.54) is 0 Å². The van der Waals surface area contributed by atoms with Crippen molar-refractivity contribution in [2.75, 3.05) is 18.1 Å². The number of hydrogen-bond acceptors (Lipinski definition) is 6. The summed E-state index contributed by atoms with van der Waals surface area (Å²) in [7, 11) is -3.36. The summed E-state index contributed by atoms with van der Waals surface area (Å²) >= 11 is 0. The van der Waals surface area contributed by atoms with Crippen molar-refractivity contribution < 1.29 is 23.1 Å². The van der Waals surface area contributed by atoms with E-state index in [-0.39, 0.29) is 12.4 Å². The van der Waals surface area contributed by atoms with Crippen LogP contribution in [0.15, 0.2) is 0 Å². The van der Waals surface area contributed by atoms with Gasteiger partial charge in [-0.1, -0.05) is 0 Å². The molecule has 0 spiro atoms. The lowest BCUT2D eigenvalue weighted by molar-refractivity contribution is -0.148. The predicted octanol–water partition coefficient (Wildman–Crippen LogP) is -0.905. The average molecular weight is 247 g/mol. The van der Waals surface area contributed by atoms with Crippen LogP contribution in [0.1, 0.15) is 6.92 Å². The summed E-state index contributed by atoms with van der Waals surface area (Å²) in [5, 5.41) is 18.3. The number of rotatable bonds is 3. The predicted molar refractivity (Wildman–Crippen MR) is 53.9 cm³/mol. The maximum atomic E-state index is 11.4. The van der Waals surface area contributed by atoms with Crippen molar-refractivity contribution in [1.82, 2.24) is 0 Å². The molecule has 0 aromatic heterocycles. The van der Waals surface area contributed by atoms with Gasteiger partial charge in [0.15, 0.2) is 9.84 Å². The Morgan fingerprint density at radius 1 is 1.62 bits per heavy atom. The molecular formula is C9H13NO5S. The fourth-order valence-corrected chi connectivity index (χ4v) is 3.63. The lowest BCUT2D eigenvalue weighted by Gasteiger charge is -2.16. The van der Waals surface area contributed by atoms with Crippen LogP contribution in [-0.2, 0) is 19.4 Å². The Hall–Kier alpha value is -1.13. The first-order valence-corrected chi connectivity index (χ1v) is 6.68. The van der Waals surface area contributed by atoms with Gasteiger partial charge in [-0.2, -0.15) is 5.26 Å². The summed E-state index contributed by atoms with van der Waals surface area (Å²) in [6.07, 6.45) is -1.17. The molecule has 0 aromatic carbocycles. The Morgan fingerprint density at radius 2 is 2.25 bits per heavy atom. The molecule has 0 bridgehead atoms. The number of aliphatic hydroxyl groups excluding tert-OH is 1. The van der Waals surface area contributed by atoms with Gasteiger partial charge in [-0.15, -0.1) is 0 Å². The van der Waals surface area contributed by atoms with E-state index in [1.54, 1.807) is 13.0 Å². The first-order valence-electron chi connectivity index (χ1n) is 4.86. The number of aliphatic hydroxyl groups is 1. The van der Waals surface area contributed by atoms with Crippen molar-refractivity contribution in [1.29, 1.82) is 5.26 Å². The maximum Gasteiger partial charge on any atom is 0.323 e. The van der Waals surface area contributed by atoms with Crippen molar-refractivity contribution in [3.63, 3.8) is 0 Å². The number of ether oxygens (including phenoxy) is 1. The normalized spacial score (nSPS) is 29.3. The SMILES string of the molecule is CCOC(=O)C(C#N)C1CS(=O)(=O)CC1O. The molecule has 6 nitrogen and oxygen atoms in total. The van der Waals surface area contributed by atoms with Crippen molar-refractivity contribution in [2.45, 2.75) is 13.0 Å². The molecule has 3 unspecified atom stereocenters. The van der Waals surface area contributed by atoms with E-state index in [4.69, 9.17) is 5.26 Å². The van der Waals surface area contributed by atoms with E-state index in [0.717, 1.165) is 0 Å². The Kier molecular flexibility index (Phi) is 3.88. The Morgan fingerprint density at radius 3 is 2.62 bits per heavy atom. The third-order valence-corrected chi connectivity index (χ3v) is 4.22. The topological polar surface area (TPSA) is 104 Å². The molecule has 1 N–H and O–H groups in total. The second-order valence-corrected chi connectivity index (χ2v) is 5.82. The molecule has 90 valence electrons. The van der Waals surface area contributed by atoms with Gasteiger partial charge < -0.3 is 9.84 Å². The highest BCUT2D eigenvalue weighted by molar-refractivity contribution is 7.91. The van der Waals surface area contributed by atoms with Crippen LogP contribution in [0, 0.1) is 23.2 Å². The minimum atomic E-state index is -3.36. The molecule has 0 saturated carbocycles. The minimum Gasteiger partial charge on any atom is -0.465 e. The van der Waals surface area contributed by atoms with E-state index in [0.29, 0.717) is 0 Å². The fraction of sp³-hybridized carbons (Fsp3) is 0.778. The first-order chi connectivity index (χ1) is 7.41. The number of esters is 1. The molecule has 0 aliphatic carbocycles. The summed E-state index contributed by atoms with van der Waals surface area (Å²) < 4.78 is 27.1. The van der Waals surface area contributed by atoms with Crippen LogP contribution in [-0.4, -0.2) is 43.7 Å². The standard InChI is InChI=1S/C9H13NO5S/c1-2-15-9(12)6(3-10)7-4-16(13,14)5-8(7)11/h6-8,11H,2,4-5H2,1H3. The number of hydrogen-bond donors (Lipinski definition) is 1. The minimum absolute atomic E-state index is 0.118. The Bertz CT molecular complexity index is 410. The van der Waals surface area contributed by atoms with Crippen LogP contribution < -0.4 is 0 Å². The van der Waals surface area contributed by atoms with E-state index < -0.39 is 39.5 Å².